The summed E-state index contributed by atoms with van der Waals surface area (Å²) in [6, 6.07) is 7.14. The van der Waals surface area contributed by atoms with Crippen LogP contribution >= 0.6 is 0 Å². The van der Waals surface area contributed by atoms with Gasteiger partial charge in [0.2, 0.25) is 5.75 Å². The highest BCUT2D eigenvalue weighted by Crippen LogP contribution is 2.44. The summed E-state index contributed by atoms with van der Waals surface area (Å²) in [6.07, 6.45) is 0.00994. The zero-order chi connectivity index (χ0) is 17.0. The van der Waals surface area contributed by atoms with Crippen molar-refractivity contribution in [2.45, 2.75) is 19.3 Å². The average molecular weight is 320 g/mol. The van der Waals surface area contributed by atoms with E-state index in [-0.39, 0.29) is 12.3 Å². The van der Waals surface area contributed by atoms with E-state index in [0.29, 0.717) is 34.3 Å². The van der Waals surface area contributed by atoms with Gasteiger partial charge in [-0.05, 0) is 24.3 Å². The summed E-state index contributed by atoms with van der Waals surface area (Å²) >= 11 is 0. The topological polar surface area (TPSA) is 78.1 Å². The van der Waals surface area contributed by atoms with Crippen molar-refractivity contribution in [3.05, 3.63) is 30.0 Å². The molecule has 0 spiro atoms. The second-order valence-electron chi connectivity index (χ2n) is 5.08. The lowest BCUT2D eigenvalue weighted by Crippen LogP contribution is -2.01. The van der Waals surface area contributed by atoms with E-state index < -0.39 is 5.97 Å². The van der Waals surface area contributed by atoms with Gasteiger partial charge >= 0.3 is 5.97 Å². The Balaban J connectivity index is 2.43. The number of aliphatic carboxylic acids is 1. The van der Waals surface area contributed by atoms with Gasteiger partial charge < -0.3 is 23.7 Å². The molecule has 1 aromatic heterocycles. The fourth-order valence-electron chi connectivity index (χ4n) is 2.42. The molecule has 0 fully saturated rings. The first-order valence-electron chi connectivity index (χ1n) is 7.12. The van der Waals surface area contributed by atoms with E-state index in [1.807, 2.05) is 13.0 Å². The Kier molecular flexibility index (Phi) is 5.16. The number of ether oxygens (including phenoxy) is 3. The molecule has 0 amide bonds. The van der Waals surface area contributed by atoms with E-state index in [0.717, 1.165) is 0 Å². The van der Waals surface area contributed by atoms with Crippen LogP contribution in [0, 0.1) is 0 Å². The fourth-order valence-corrected chi connectivity index (χ4v) is 2.42. The lowest BCUT2D eigenvalue weighted by Gasteiger charge is -2.14. The lowest BCUT2D eigenvalue weighted by atomic mass is 10.1. The number of carboxylic acid groups (broad SMARTS) is 1. The number of methoxy groups -OCH3 is 3. The number of rotatable bonds is 7. The summed E-state index contributed by atoms with van der Waals surface area (Å²) in [7, 11) is 4.62. The molecule has 1 unspecified atom stereocenters. The van der Waals surface area contributed by atoms with Gasteiger partial charge in [0.25, 0.3) is 0 Å². The molecule has 124 valence electrons. The average Bonchev–Trinajstić information content (AvgIpc) is 3.02. The monoisotopic (exact) mass is 320 g/mol. The van der Waals surface area contributed by atoms with Gasteiger partial charge in [-0.25, -0.2) is 0 Å². The van der Waals surface area contributed by atoms with E-state index >= 15 is 0 Å². The van der Waals surface area contributed by atoms with Gasteiger partial charge in [-0.1, -0.05) is 6.92 Å². The minimum absolute atomic E-state index is 0.00994. The quantitative estimate of drug-likeness (QED) is 0.840. The molecule has 0 aliphatic heterocycles. The molecule has 0 aliphatic carbocycles. The van der Waals surface area contributed by atoms with Crippen LogP contribution < -0.4 is 14.2 Å². The highest BCUT2D eigenvalue weighted by Gasteiger charge is 2.20. The number of furan rings is 1. The van der Waals surface area contributed by atoms with Gasteiger partial charge in [0.1, 0.15) is 11.5 Å². The van der Waals surface area contributed by atoms with Crippen molar-refractivity contribution < 1.29 is 28.5 Å². The van der Waals surface area contributed by atoms with Crippen molar-refractivity contribution in [1.29, 1.82) is 0 Å². The van der Waals surface area contributed by atoms with Crippen LogP contribution in [-0.4, -0.2) is 32.4 Å². The Morgan fingerprint density at radius 2 is 1.78 bits per heavy atom. The van der Waals surface area contributed by atoms with Crippen LogP contribution in [0.25, 0.3) is 11.3 Å². The van der Waals surface area contributed by atoms with E-state index in [2.05, 4.69) is 0 Å². The van der Waals surface area contributed by atoms with Crippen LogP contribution in [0.5, 0.6) is 17.2 Å². The third-order valence-electron chi connectivity index (χ3n) is 3.56. The summed E-state index contributed by atoms with van der Waals surface area (Å²) < 4.78 is 21.9. The molecule has 0 bridgehead atoms. The highest BCUT2D eigenvalue weighted by atomic mass is 16.5. The van der Waals surface area contributed by atoms with Crippen LogP contribution in [0.2, 0.25) is 0 Å². The second kappa shape index (κ2) is 7.09. The molecular weight excluding hydrogens is 300 g/mol. The molecule has 1 aromatic carbocycles. The molecule has 0 aliphatic rings. The van der Waals surface area contributed by atoms with Crippen LogP contribution in [-0.2, 0) is 4.79 Å². The maximum atomic E-state index is 10.8. The van der Waals surface area contributed by atoms with Crippen molar-refractivity contribution >= 4 is 5.97 Å². The maximum Gasteiger partial charge on any atom is 0.304 e. The van der Waals surface area contributed by atoms with Crippen LogP contribution in [0.1, 0.15) is 25.0 Å². The maximum absolute atomic E-state index is 10.8. The summed E-state index contributed by atoms with van der Waals surface area (Å²) in [4.78, 5) is 10.8. The minimum Gasteiger partial charge on any atom is -0.493 e. The first-order chi connectivity index (χ1) is 11.0. The van der Waals surface area contributed by atoms with Gasteiger partial charge in [0.15, 0.2) is 11.5 Å². The zero-order valence-electron chi connectivity index (χ0n) is 13.6. The second-order valence-corrected chi connectivity index (χ2v) is 5.08. The predicted octanol–water partition coefficient (Wildman–Crippen LogP) is 3.55. The lowest BCUT2D eigenvalue weighted by molar-refractivity contribution is -0.137. The van der Waals surface area contributed by atoms with E-state index in [1.54, 1.807) is 25.3 Å². The van der Waals surface area contributed by atoms with E-state index in [4.69, 9.17) is 23.7 Å². The normalized spacial score (nSPS) is 11.8. The number of hydrogen-bond acceptors (Lipinski definition) is 5. The van der Waals surface area contributed by atoms with Crippen molar-refractivity contribution in [3.8, 4) is 28.6 Å². The largest absolute Gasteiger partial charge is 0.493 e. The molecular formula is C17H20O6. The molecule has 2 rings (SSSR count). The van der Waals surface area contributed by atoms with Crippen molar-refractivity contribution in [2.24, 2.45) is 0 Å². The molecule has 1 N–H and O–H groups in total. The molecule has 6 nitrogen and oxygen atoms in total. The van der Waals surface area contributed by atoms with Gasteiger partial charge in [0, 0.05) is 5.92 Å². The summed E-state index contributed by atoms with van der Waals surface area (Å²) in [5.74, 6) is 1.64. The van der Waals surface area contributed by atoms with E-state index in [9.17, 15) is 4.79 Å². The molecule has 6 heteroatoms. The Morgan fingerprint density at radius 1 is 1.09 bits per heavy atom. The Morgan fingerprint density at radius 3 is 2.35 bits per heavy atom. The molecule has 0 saturated carbocycles. The highest BCUT2D eigenvalue weighted by molar-refractivity contribution is 5.73. The van der Waals surface area contributed by atoms with Crippen LogP contribution in [0.4, 0.5) is 0 Å². The zero-order valence-corrected chi connectivity index (χ0v) is 13.6. The van der Waals surface area contributed by atoms with Crippen molar-refractivity contribution in [3.63, 3.8) is 0 Å². The Bertz CT molecular complexity index is 688. The molecule has 1 heterocycles. The van der Waals surface area contributed by atoms with Gasteiger partial charge in [0.05, 0.1) is 33.3 Å². The van der Waals surface area contributed by atoms with Crippen LogP contribution in [0.15, 0.2) is 28.7 Å². The number of carbonyl (C=O) groups is 1. The SMILES string of the molecule is COc1ccc(-c2ccc(C(C)CC(=O)O)o2)c(OC)c1OC. The smallest absolute Gasteiger partial charge is 0.304 e. The minimum atomic E-state index is -0.862. The molecule has 23 heavy (non-hydrogen) atoms. The molecule has 2 aromatic rings. The third kappa shape index (κ3) is 3.41. The van der Waals surface area contributed by atoms with Crippen molar-refractivity contribution in [2.75, 3.05) is 21.3 Å². The molecule has 1 atom stereocenters. The Hall–Kier alpha value is -2.63. The number of carboxylic acids is 1. The van der Waals surface area contributed by atoms with Gasteiger partial charge in [-0.3, -0.25) is 4.79 Å². The molecule has 0 saturated heterocycles. The van der Waals surface area contributed by atoms with Crippen LogP contribution in [0.3, 0.4) is 0 Å². The summed E-state index contributed by atoms with van der Waals surface area (Å²) in [6.45, 7) is 1.81. The van der Waals surface area contributed by atoms with E-state index in [1.165, 1.54) is 14.2 Å². The van der Waals surface area contributed by atoms with Crippen molar-refractivity contribution in [1.82, 2.24) is 0 Å². The standard InChI is InChI=1S/C17H20O6/c1-10(9-15(18)19)12-7-8-13(23-12)11-5-6-14(20-2)17(22-4)16(11)21-3/h5-8,10H,9H2,1-4H3,(H,18,19). The first-order valence-corrected chi connectivity index (χ1v) is 7.12. The fraction of sp³-hybridized carbons (Fsp3) is 0.353. The predicted molar refractivity (Wildman–Crippen MR) is 84.5 cm³/mol. The number of benzene rings is 1. The Labute approximate surface area is 134 Å². The first kappa shape index (κ1) is 16.7. The third-order valence-corrected chi connectivity index (χ3v) is 3.56. The van der Waals surface area contributed by atoms with Gasteiger partial charge in [-0.2, -0.15) is 0 Å². The summed E-state index contributed by atoms with van der Waals surface area (Å²) in [5.41, 5.74) is 0.707. The molecule has 0 radical (unpaired) electrons. The van der Waals surface area contributed by atoms with Gasteiger partial charge in [-0.15, -0.1) is 0 Å². The number of hydrogen-bond donors (Lipinski definition) is 1. The summed E-state index contributed by atoms with van der Waals surface area (Å²) in [5, 5.41) is 8.89.